The molecule has 0 aliphatic carbocycles. The van der Waals surface area contributed by atoms with E-state index in [0.29, 0.717) is 12.1 Å². The largest absolute Gasteiger partial charge is 0.480 e. The predicted octanol–water partition coefficient (Wildman–Crippen LogP) is 1.40. The molecule has 1 unspecified atom stereocenters. The molecule has 1 aromatic rings. The fraction of sp³-hybridized carbons (Fsp3) is 0.333. The molecule has 1 aromatic carbocycles. The first-order valence-corrected chi connectivity index (χ1v) is 6.98. The molecule has 0 saturated carbocycles. The number of amides is 1. The second-order valence-electron chi connectivity index (χ2n) is 3.83. The van der Waals surface area contributed by atoms with Gasteiger partial charge in [-0.15, -0.1) is 0 Å². The van der Waals surface area contributed by atoms with Crippen LogP contribution < -0.4 is 11.1 Å². The van der Waals surface area contributed by atoms with E-state index in [1.165, 1.54) is 0 Å². The van der Waals surface area contributed by atoms with Gasteiger partial charge < -0.3 is 16.2 Å². The molecular formula is C12H15IN2O3. The second-order valence-corrected chi connectivity index (χ2v) is 4.91. The molecule has 1 rings (SSSR count). The van der Waals surface area contributed by atoms with E-state index in [9.17, 15) is 9.59 Å². The molecule has 1 atom stereocenters. The summed E-state index contributed by atoms with van der Waals surface area (Å²) in [5.74, 6) is -1.05. The van der Waals surface area contributed by atoms with Crippen molar-refractivity contribution in [1.82, 2.24) is 0 Å². The normalized spacial score (nSPS) is 11.9. The highest BCUT2D eigenvalue weighted by molar-refractivity contribution is 14.1. The van der Waals surface area contributed by atoms with E-state index in [1.807, 2.05) is 0 Å². The molecule has 0 saturated heterocycles. The number of halogens is 1. The first kappa shape index (κ1) is 14.9. The average Bonchev–Trinajstić information content (AvgIpc) is 2.31. The van der Waals surface area contributed by atoms with Gasteiger partial charge in [0, 0.05) is 16.5 Å². The van der Waals surface area contributed by atoms with Crippen LogP contribution >= 0.6 is 22.6 Å². The van der Waals surface area contributed by atoms with E-state index in [4.69, 9.17) is 10.8 Å². The number of rotatable bonds is 6. The maximum absolute atomic E-state index is 11.4. The summed E-state index contributed by atoms with van der Waals surface area (Å²) >= 11 is 2.14. The van der Waals surface area contributed by atoms with Crippen molar-refractivity contribution >= 4 is 40.2 Å². The summed E-state index contributed by atoms with van der Waals surface area (Å²) in [6.07, 6.45) is 0.753. The molecule has 18 heavy (non-hydrogen) atoms. The minimum absolute atomic E-state index is 0.0283. The number of anilines is 1. The third kappa shape index (κ3) is 5.01. The third-order valence-corrected chi connectivity index (χ3v) is 2.87. The fourth-order valence-electron chi connectivity index (χ4n) is 1.37. The highest BCUT2D eigenvalue weighted by Gasteiger charge is 2.11. The highest BCUT2D eigenvalue weighted by atomic mass is 127. The number of nitrogens with one attached hydrogen (secondary N) is 1. The molecule has 98 valence electrons. The van der Waals surface area contributed by atoms with Gasteiger partial charge in [0.25, 0.3) is 0 Å². The maximum Gasteiger partial charge on any atom is 0.320 e. The van der Waals surface area contributed by atoms with Crippen molar-refractivity contribution in [3.05, 3.63) is 29.8 Å². The van der Waals surface area contributed by atoms with Crippen LogP contribution in [-0.2, 0) is 16.0 Å². The number of aliphatic carboxylic acids is 1. The molecule has 0 spiro atoms. The number of hydrogen-bond donors (Lipinski definition) is 3. The molecule has 0 heterocycles. The minimum atomic E-state index is -1.02. The Balaban J connectivity index is 2.57. The van der Waals surface area contributed by atoms with Crippen molar-refractivity contribution in [3.8, 4) is 0 Å². The molecule has 4 N–H and O–H groups in total. The van der Waals surface area contributed by atoms with Crippen LogP contribution in [0.3, 0.4) is 0 Å². The lowest BCUT2D eigenvalue weighted by atomic mass is 10.1. The Hall–Kier alpha value is -1.15. The van der Waals surface area contributed by atoms with Crippen LogP contribution in [-0.4, -0.2) is 27.5 Å². The van der Waals surface area contributed by atoms with Gasteiger partial charge in [-0.25, -0.2) is 0 Å². The first-order chi connectivity index (χ1) is 8.52. The fourth-order valence-corrected chi connectivity index (χ4v) is 1.86. The van der Waals surface area contributed by atoms with E-state index in [-0.39, 0.29) is 12.3 Å². The van der Waals surface area contributed by atoms with Crippen LogP contribution in [0.4, 0.5) is 5.69 Å². The molecule has 0 aliphatic rings. The summed E-state index contributed by atoms with van der Waals surface area (Å²) in [6, 6.07) is 6.12. The van der Waals surface area contributed by atoms with E-state index < -0.39 is 12.0 Å². The van der Waals surface area contributed by atoms with Crippen LogP contribution in [0.15, 0.2) is 24.3 Å². The topological polar surface area (TPSA) is 92.4 Å². The zero-order valence-corrected chi connectivity index (χ0v) is 11.9. The molecule has 0 radical (unpaired) electrons. The van der Waals surface area contributed by atoms with Crippen LogP contribution in [0.5, 0.6) is 0 Å². The molecule has 0 aliphatic heterocycles. The van der Waals surface area contributed by atoms with Crippen LogP contribution in [0, 0.1) is 0 Å². The molecule has 0 aromatic heterocycles. The maximum atomic E-state index is 11.4. The highest BCUT2D eigenvalue weighted by Crippen LogP contribution is 2.11. The van der Waals surface area contributed by atoms with Crippen molar-refractivity contribution in [2.45, 2.75) is 18.9 Å². The number of alkyl halides is 1. The van der Waals surface area contributed by atoms with Crippen molar-refractivity contribution in [2.24, 2.45) is 5.73 Å². The number of carbonyl (C=O) groups excluding carboxylic acids is 1. The van der Waals surface area contributed by atoms with Crippen molar-refractivity contribution in [2.75, 3.05) is 9.74 Å². The van der Waals surface area contributed by atoms with Gasteiger partial charge in [-0.1, -0.05) is 34.7 Å². The van der Waals surface area contributed by atoms with Gasteiger partial charge >= 0.3 is 5.97 Å². The molecule has 0 bridgehead atoms. The Morgan fingerprint density at radius 3 is 2.44 bits per heavy atom. The zero-order valence-electron chi connectivity index (χ0n) is 9.73. The monoisotopic (exact) mass is 362 g/mol. The number of hydrogen-bond acceptors (Lipinski definition) is 3. The molecule has 0 fully saturated rings. The molecule has 6 heteroatoms. The SMILES string of the molecule is NC(Cc1ccc(NC(=O)CCI)cc1)C(=O)O. The Morgan fingerprint density at radius 1 is 1.33 bits per heavy atom. The van der Waals surface area contributed by atoms with Crippen molar-refractivity contribution in [1.29, 1.82) is 0 Å². The zero-order chi connectivity index (χ0) is 13.5. The van der Waals surface area contributed by atoms with Gasteiger partial charge in [0.1, 0.15) is 6.04 Å². The Labute approximate surface area is 119 Å². The summed E-state index contributed by atoms with van der Waals surface area (Å²) in [6.45, 7) is 0. The van der Waals surface area contributed by atoms with Crippen LogP contribution in [0.1, 0.15) is 12.0 Å². The average molecular weight is 362 g/mol. The summed E-state index contributed by atoms with van der Waals surface area (Å²) < 4.78 is 0.773. The summed E-state index contributed by atoms with van der Waals surface area (Å²) in [7, 11) is 0. The molecule has 5 nitrogen and oxygen atoms in total. The number of nitrogens with two attached hydrogens (primary N) is 1. The van der Waals surface area contributed by atoms with E-state index in [1.54, 1.807) is 24.3 Å². The standard InChI is InChI=1S/C12H15IN2O3/c13-6-5-11(16)15-9-3-1-8(2-4-9)7-10(14)12(17)18/h1-4,10H,5-7,14H2,(H,15,16)(H,17,18). The summed E-state index contributed by atoms with van der Waals surface area (Å²) in [4.78, 5) is 22.0. The van der Waals surface area contributed by atoms with Gasteiger partial charge in [-0.05, 0) is 24.1 Å². The smallest absolute Gasteiger partial charge is 0.320 e. The van der Waals surface area contributed by atoms with E-state index >= 15 is 0 Å². The van der Waals surface area contributed by atoms with Gasteiger partial charge in [0.2, 0.25) is 5.91 Å². The summed E-state index contributed by atoms with van der Waals surface area (Å²) in [5, 5.41) is 11.4. The van der Waals surface area contributed by atoms with Gasteiger partial charge in [0.05, 0.1) is 0 Å². The van der Waals surface area contributed by atoms with Gasteiger partial charge in [-0.3, -0.25) is 9.59 Å². The second kappa shape index (κ2) is 7.32. The predicted molar refractivity (Wildman–Crippen MR) is 77.9 cm³/mol. The van der Waals surface area contributed by atoms with Crippen LogP contribution in [0.2, 0.25) is 0 Å². The Kier molecular flexibility index (Phi) is 6.06. The summed E-state index contributed by atoms with van der Waals surface area (Å²) in [5.41, 5.74) is 6.97. The molecular weight excluding hydrogens is 347 g/mol. The van der Waals surface area contributed by atoms with E-state index in [0.717, 1.165) is 9.99 Å². The quantitative estimate of drug-likeness (QED) is 0.527. The lowest BCUT2D eigenvalue weighted by Gasteiger charge is -2.08. The van der Waals surface area contributed by atoms with Gasteiger partial charge in [-0.2, -0.15) is 0 Å². The van der Waals surface area contributed by atoms with Crippen molar-refractivity contribution in [3.63, 3.8) is 0 Å². The van der Waals surface area contributed by atoms with Crippen LogP contribution in [0.25, 0.3) is 0 Å². The van der Waals surface area contributed by atoms with E-state index in [2.05, 4.69) is 27.9 Å². The first-order valence-electron chi connectivity index (χ1n) is 5.46. The van der Waals surface area contributed by atoms with Gasteiger partial charge in [0.15, 0.2) is 0 Å². The Bertz CT molecular complexity index is 420. The number of carbonyl (C=O) groups is 2. The third-order valence-electron chi connectivity index (χ3n) is 2.33. The molecule has 1 amide bonds. The van der Waals surface area contributed by atoms with Crippen molar-refractivity contribution < 1.29 is 14.7 Å². The number of carboxylic acids is 1. The number of benzene rings is 1. The lowest BCUT2D eigenvalue weighted by molar-refractivity contribution is -0.138. The Morgan fingerprint density at radius 2 is 1.94 bits per heavy atom. The number of carboxylic acid groups (broad SMARTS) is 1. The lowest BCUT2D eigenvalue weighted by Crippen LogP contribution is -2.32. The minimum Gasteiger partial charge on any atom is -0.480 e.